The summed E-state index contributed by atoms with van der Waals surface area (Å²) in [5.41, 5.74) is 1.43. The Morgan fingerprint density at radius 2 is 2.07 bits per heavy atom. The van der Waals surface area contributed by atoms with Crippen LogP contribution in [0.3, 0.4) is 0 Å². The zero-order valence-corrected chi connectivity index (χ0v) is 19.7. The first-order chi connectivity index (χ1) is 13.8. The van der Waals surface area contributed by atoms with Crippen molar-refractivity contribution in [3.05, 3.63) is 47.8 Å². The molecule has 0 amide bonds. The number of benzene rings is 1. The van der Waals surface area contributed by atoms with Gasteiger partial charge in [0.15, 0.2) is 12.6 Å². The summed E-state index contributed by atoms with van der Waals surface area (Å²) in [4.78, 5) is 4.50. The molecule has 0 spiro atoms. The maximum absolute atomic E-state index is 12.5. The molecule has 1 atom stereocenters. The second-order valence-electron chi connectivity index (χ2n) is 6.92. The zero-order chi connectivity index (χ0) is 21.3. The van der Waals surface area contributed by atoms with Gasteiger partial charge in [0.25, 0.3) is 0 Å². The van der Waals surface area contributed by atoms with Gasteiger partial charge in [-0.1, -0.05) is 19.1 Å². The van der Waals surface area contributed by atoms with Crippen LogP contribution in [0.4, 0.5) is 13.2 Å². The van der Waals surface area contributed by atoms with Crippen LogP contribution in [-0.2, 0) is 13.1 Å². The molecule has 30 heavy (non-hydrogen) atoms. The van der Waals surface area contributed by atoms with Crippen molar-refractivity contribution >= 4 is 29.9 Å². The monoisotopic (exact) mass is 539 g/mol. The summed E-state index contributed by atoms with van der Waals surface area (Å²) < 4.78 is 44.4. The molecule has 0 aliphatic rings. The quantitative estimate of drug-likeness (QED) is 0.286. The molecule has 2 rings (SSSR count). The lowest BCUT2D eigenvalue weighted by Crippen LogP contribution is -2.40. The zero-order valence-electron chi connectivity index (χ0n) is 17.4. The first-order valence-corrected chi connectivity index (χ1v) is 9.55. The molecule has 0 saturated heterocycles. The van der Waals surface area contributed by atoms with Crippen LogP contribution in [0.15, 0.2) is 41.7 Å². The first-order valence-electron chi connectivity index (χ1n) is 9.55. The highest BCUT2D eigenvalue weighted by molar-refractivity contribution is 14.0. The van der Waals surface area contributed by atoms with Crippen molar-refractivity contribution in [1.82, 2.24) is 20.4 Å². The standard InChI is InChI=1S/C20H28F3N5O.HI/c1-4-24-19(25-11-16(3)13-28-9-5-8-27-28)26-12-17-7-6-15(2)10-18(17)29-14-20(21,22)23;/h5-10,16H,4,11-14H2,1-3H3,(H2,24,25,26);1H. The van der Waals surface area contributed by atoms with Gasteiger partial charge in [-0.05, 0) is 37.5 Å². The number of hydrogen-bond acceptors (Lipinski definition) is 3. The van der Waals surface area contributed by atoms with E-state index in [2.05, 4.69) is 27.6 Å². The molecule has 1 unspecified atom stereocenters. The minimum Gasteiger partial charge on any atom is -0.484 e. The van der Waals surface area contributed by atoms with E-state index in [1.807, 2.05) is 29.9 Å². The lowest BCUT2D eigenvalue weighted by molar-refractivity contribution is -0.153. The average Bonchev–Trinajstić information content (AvgIpc) is 3.15. The smallest absolute Gasteiger partial charge is 0.422 e. The van der Waals surface area contributed by atoms with Gasteiger partial charge in [0.2, 0.25) is 0 Å². The predicted octanol–water partition coefficient (Wildman–Crippen LogP) is 4.14. The van der Waals surface area contributed by atoms with E-state index in [4.69, 9.17) is 4.74 Å². The summed E-state index contributed by atoms with van der Waals surface area (Å²) in [6.07, 6.45) is -0.729. The minimum absolute atomic E-state index is 0. The van der Waals surface area contributed by atoms with Gasteiger partial charge in [0.1, 0.15) is 5.75 Å². The number of ether oxygens (including phenoxy) is 1. The van der Waals surface area contributed by atoms with E-state index in [1.54, 1.807) is 25.3 Å². The maximum atomic E-state index is 12.5. The second kappa shape index (κ2) is 12.7. The third-order valence-corrected chi connectivity index (χ3v) is 4.04. The van der Waals surface area contributed by atoms with Crippen LogP contribution in [0, 0.1) is 12.8 Å². The van der Waals surface area contributed by atoms with E-state index in [1.165, 1.54) is 0 Å². The van der Waals surface area contributed by atoms with Gasteiger partial charge in [0.05, 0.1) is 6.54 Å². The van der Waals surface area contributed by atoms with Gasteiger partial charge in [0, 0.05) is 37.6 Å². The third-order valence-electron chi connectivity index (χ3n) is 4.04. The van der Waals surface area contributed by atoms with Crippen LogP contribution < -0.4 is 15.4 Å². The molecular formula is C20H29F3IN5O. The molecule has 1 heterocycles. The van der Waals surface area contributed by atoms with Crippen LogP contribution >= 0.6 is 24.0 Å². The maximum Gasteiger partial charge on any atom is 0.422 e. The number of guanidine groups is 1. The van der Waals surface area contributed by atoms with Crippen molar-refractivity contribution in [2.24, 2.45) is 10.9 Å². The molecule has 0 saturated carbocycles. The normalized spacial score (nSPS) is 12.8. The molecule has 0 radical (unpaired) electrons. The topological polar surface area (TPSA) is 63.5 Å². The summed E-state index contributed by atoms with van der Waals surface area (Å²) in [5, 5.41) is 10.6. The van der Waals surface area contributed by atoms with E-state index in [0.29, 0.717) is 30.5 Å². The number of nitrogens with one attached hydrogen (secondary N) is 2. The van der Waals surface area contributed by atoms with Crippen molar-refractivity contribution in [2.75, 3.05) is 19.7 Å². The van der Waals surface area contributed by atoms with Crippen molar-refractivity contribution < 1.29 is 17.9 Å². The van der Waals surface area contributed by atoms with Crippen molar-refractivity contribution in [3.8, 4) is 5.75 Å². The number of hydrogen-bond donors (Lipinski definition) is 2. The van der Waals surface area contributed by atoms with Gasteiger partial charge >= 0.3 is 6.18 Å². The number of aromatic nitrogens is 2. The Kier molecular flexibility index (Phi) is 11.0. The molecule has 0 bridgehead atoms. The Labute approximate surface area is 192 Å². The highest BCUT2D eigenvalue weighted by Crippen LogP contribution is 2.24. The van der Waals surface area contributed by atoms with Gasteiger partial charge in [-0.25, -0.2) is 4.99 Å². The average molecular weight is 539 g/mol. The van der Waals surface area contributed by atoms with E-state index in [0.717, 1.165) is 12.1 Å². The van der Waals surface area contributed by atoms with Crippen molar-refractivity contribution in [2.45, 2.75) is 40.0 Å². The number of nitrogens with zero attached hydrogens (tertiary/aromatic N) is 3. The molecule has 168 valence electrons. The van der Waals surface area contributed by atoms with E-state index >= 15 is 0 Å². The Morgan fingerprint density at radius 1 is 1.30 bits per heavy atom. The highest BCUT2D eigenvalue weighted by Gasteiger charge is 2.28. The second-order valence-corrected chi connectivity index (χ2v) is 6.92. The number of rotatable bonds is 9. The molecule has 1 aromatic carbocycles. The molecule has 2 aromatic rings. The molecule has 0 aliphatic heterocycles. The Bertz CT molecular complexity index is 781. The Balaban J connectivity index is 0.00000450. The minimum atomic E-state index is -4.38. The van der Waals surface area contributed by atoms with E-state index < -0.39 is 12.8 Å². The first kappa shape index (κ1) is 26.1. The summed E-state index contributed by atoms with van der Waals surface area (Å²) in [5.74, 6) is 1.11. The molecule has 0 fully saturated rings. The predicted molar refractivity (Wildman–Crippen MR) is 122 cm³/mol. The molecular weight excluding hydrogens is 510 g/mol. The Morgan fingerprint density at radius 3 is 2.70 bits per heavy atom. The van der Waals surface area contributed by atoms with Crippen LogP contribution in [0.25, 0.3) is 0 Å². The van der Waals surface area contributed by atoms with Crippen molar-refractivity contribution in [1.29, 1.82) is 0 Å². The summed E-state index contributed by atoms with van der Waals surface area (Å²) in [6, 6.07) is 7.06. The highest BCUT2D eigenvalue weighted by atomic mass is 127. The largest absolute Gasteiger partial charge is 0.484 e. The van der Waals surface area contributed by atoms with E-state index in [9.17, 15) is 13.2 Å². The lowest BCUT2D eigenvalue weighted by atomic mass is 10.1. The molecule has 2 N–H and O–H groups in total. The molecule has 6 nitrogen and oxygen atoms in total. The number of alkyl halides is 3. The van der Waals surface area contributed by atoms with Crippen LogP contribution in [0.2, 0.25) is 0 Å². The fraction of sp³-hybridized carbons (Fsp3) is 0.500. The fourth-order valence-electron chi connectivity index (χ4n) is 2.66. The molecule has 10 heteroatoms. The fourth-order valence-corrected chi connectivity index (χ4v) is 2.66. The SMILES string of the molecule is CCNC(=NCc1ccc(C)cc1OCC(F)(F)F)NCC(C)Cn1cccn1.I. The Hall–Kier alpha value is -1.98. The van der Waals surface area contributed by atoms with Crippen molar-refractivity contribution in [3.63, 3.8) is 0 Å². The van der Waals surface area contributed by atoms with Crippen LogP contribution in [0.5, 0.6) is 5.75 Å². The van der Waals surface area contributed by atoms with E-state index in [-0.39, 0.29) is 36.3 Å². The van der Waals surface area contributed by atoms with Crippen LogP contribution in [-0.4, -0.2) is 41.6 Å². The van der Waals surface area contributed by atoms with Gasteiger partial charge in [-0.15, -0.1) is 24.0 Å². The number of aryl methyl sites for hydroxylation is 1. The summed E-state index contributed by atoms with van der Waals surface area (Å²) in [7, 11) is 0. The van der Waals surface area contributed by atoms with Gasteiger partial charge in [-0.2, -0.15) is 18.3 Å². The molecule has 0 aliphatic carbocycles. The summed E-state index contributed by atoms with van der Waals surface area (Å²) >= 11 is 0. The number of aliphatic imine (C=N–C) groups is 1. The summed E-state index contributed by atoms with van der Waals surface area (Å²) in [6.45, 7) is 6.86. The van der Waals surface area contributed by atoms with Gasteiger partial charge < -0.3 is 15.4 Å². The number of halogens is 4. The van der Waals surface area contributed by atoms with Gasteiger partial charge in [-0.3, -0.25) is 4.68 Å². The van der Waals surface area contributed by atoms with Crippen LogP contribution in [0.1, 0.15) is 25.0 Å². The third kappa shape index (κ3) is 9.68. The molecule has 1 aromatic heterocycles. The lowest BCUT2D eigenvalue weighted by Gasteiger charge is -2.17.